The predicted molar refractivity (Wildman–Crippen MR) is 70.9 cm³/mol. The van der Waals surface area contributed by atoms with Crippen LogP contribution in [0.5, 0.6) is 0 Å². The molecule has 0 radical (unpaired) electrons. The Bertz CT molecular complexity index is 386. The van der Waals surface area contributed by atoms with E-state index in [0.717, 1.165) is 0 Å². The molecular weight excluding hydrogens is 244 g/mol. The first-order chi connectivity index (χ1) is 9.40. The fraction of sp³-hybridized carbons (Fsp3) is 0.846. The van der Waals surface area contributed by atoms with Crippen LogP contribution < -0.4 is 10.6 Å². The van der Waals surface area contributed by atoms with Crippen LogP contribution in [0.4, 0.5) is 6.01 Å². The van der Waals surface area contributed by atoms with Crippen LogP contribution in [0, 0.1) is 0 Å². The van der Waals surface area contributed by atoms with Gasteiger partial charge in [0.1, 0.15) is 0 Å². The summed E-state index contributed by atoms with van der Waals surface area (Å²) in [6.07, 6.45) is 8.01. The number of ether oxygens (including phenoxy) is 1. The third-order valence-corrected chi connectivity index (χ3v) is 3.62. The molecule has 2 aliphatic rings. The summed E-state index contributed by atoms with van der Waals surface area (Å²) in [5.41, 5.74) is 0. The van der Waals surface area contributed by atoms with Gasteiger partial charge in [0.2, 0.25) is 5.89 Å². The van der Waals surface area contributed by atoms with Crippen molar-refractivity contribution in [3.63, 3.8) is 0 Å². The number of nitrogens with one attached hydrogen (secondary N) is 2. The van der Waals surface area contributed by atoms with Gasteiger partial charge >= 0.3 is 6.01 Å². The van der Waals surface area contributed by atoms with Gasteiger partial charge in [-0.25, -0.2) is 0 Å². The molecule has 2 N–H and O–H groups in total. The lowest BCUT2D eigenvalue weighted by Gasteiger charge is -2.10. The van der Waals surface area contributed by atoms with Gasteiger partial charge < -0.3 is 19.8 Å². The highest BCUT2D eigenvalue weighted by Gasteiger charge is 2.21. The lowest BCUT2D eigenvalue weighted by atomic mass is 10.3. The zero-order chi connectivity index (χ0) is 12.9. The Labute approximate surface area is 113 Å². The fourth-order valence-electron chi connectivity index (χ4n) is 2.35. The average molecular weight is 266 g/mol. The van der Waals surface area contributed by atoms with Gasteiger partial charge in [0.25, 0.3) is 0 Å². The lowest BCUT2D eigenvalue weighted by Crippen LogP contribution is -2.15. The molecule has 2 fully saturated rings. The Morgan fingerprint density at radius 2 is 2.00 bits per heavy atom. The van der Waals surface area contributed by atoms with Gasteiger partial charge in [-0.05, 0) is 25.7 Å². The van der Waals surface area contributed by atoms with Crippen molar-refractivity contribution in [3.05, 3.63) is 5.89 Å². The van der Waals surface area contributed by atoms with E-state index in [2.05, 4.69) is 20.8 Å². The summed E-state index contributed by atoms with van der Waals surface area (Å²) in [7, 11) is 0. The van der Waals surface area contributed by atoms with Gasteiger partial charge in [0.05, 0.1) is 19.3 Å². The fourth-order valence-corrected chi connectivity index (χ4v) is 2.35. The normalized spacial score (nSPS) is 20.0. The first kappa shape index (κ1) is 12.9. The summed E-state index contributed by atoms with van der Waals surface area (Å²) >= 11 is 0. The van der Waals surface area contributed by atoms with E-state index in [1.165, 1.54) is 38.5 Å². The van der Waals surface area contributed by atoms with E-state index in [9.17, 15) is 0 Å². The second kappa shape index (κ2) is 6.34. The number of nitrogens with zero attached hydrogens (tertiary/aromatic N) is 2. The van der Waals surface area contributed by atoms with Crippen molar-refractivity contribution in [2.24, 2.45) is 0 Å². The van der Waals surface area contributed by atoms with Crippen LogP contribution in [0.15, 0.2) is 4.42 Å². The molecule has 1 heterocycles. The van der Waals surface area contributed by atoms with Gasteiger partial charge in [0, 0.05) is 12.6 Å². The van der Waals surface area contributed by atoms with Gasteiger partial charge in [-0.3, -0.25) is 0 Å². The number of aromatic nitrogens is 2. The predicted octanol–water partition coefficient (Wildman–Crippen LogP) is 1.69. The van der Waals surface area contributed by atoms with Crippen molar-refractivity contribution >= 4 is 6.01 Å². The maximum absolute atomic E-state index is 5.75. The molecular formula is C13H22N4O2. The van der Waals surface area contributed by atoms with E-state index in [1.54, 1.807) is 0 Å². The first-order valence-corrected chi connectivity index (χ1v) is 7.31. The number of anilines is 1. The molecule has 6 heteroatoms. The van der Waals surface area contributed by atoms with E-state index < -0.39 is 0 Å². The van der Waals surface area contributed by atoms with Crippen LogP contribution >= 0.6 is 0 Å². The summed E-state index contributed by atoms with van der Waals surface area (Å²) < 4.78 is 11.2. The Kier molecular flexibility index (Phi) is 4.30. The van der Waals surface area contributed by atoms with Crippen molar-refractivity contribution in [1.82, 2.24) is 15.5 Å². The molecule has 0 spiro atoms. The van der Waals surface area contributed by atoms with Crippen LogP contribution in [-0.2, 0) is 11.3 Å². The minimum atomic E-state index is 0.461. The van der Waals surface area contributed by atoms with Crippen LogP contribution in [-0.4, -0.2) is 35.5 Å². The molecule has 1 aromatic heterocycles. The number of hydrogen-bond donors (Lipinski definition) is 2. The Hall–Kier alpha value is -1.14. The SMILES string of the molecule is C1CCC(OCCNc2nnc(CNC3CC3)o2)C1. The third-order valence-electron chi connectivity index (χ3n) is 3.62. The number of hydrogen-bond acceptors (Lipinski definition) is 6. The quantitative estimate of drug-likeness (QED) is 0.698. The molecule has 0 aliphatic heterocycles. The minimum Gasteiger partial charge on any atom is -0.407 e. The van der Waals surface area contributed by atoms with Crippen molar-refractivity contribution in [2.75, 3.05) is 18.5 Å². The van der Waals surface area contributed by atoms with E-state index >= 15 is 0 Å². The zero-order valence-corrected chi connectivity index (χ0v) is 11.2. The minimum absolute atomic E-state index is 0.461. The molecule has 0 atom stereocenters. The lowest BCUT2D eigenvalue weighted by molar-refractivity contribution is 0.0656. The molecule has 2 saturated carbocycles. The highest BCUT2D eigenvalue weighted by Crippen LogP contribution is 2.21. The number of rotatable bonds is 8. The average Bonchev–Trinajstić information content (AvgIpc) is 2.91. The summed E-state index contributed by atoms with van der Waals surface area (Å²) in [5, 5.41) is 14.4. The monoisotopic (exact) mass is 266 g/mol. The van der Waals surface area contributed by atoms with Gasteiger partial charge in [-0.15, -0.1) is 5.10 Å². The Morgan fingerprint density at radius 1 is 1.16 bits per heavy atom. The van der Waals surface area contributed by atoms with Crippen molar-refractivity contribution in [1.29, 1.82) is 0 Å². The van der Waals surface area contributed by atoms with E-state index in [0.29, 0.717) is 43.7 Å². The van der Waals surface area contributed by atoms with Crippen molar-refractivity contribution in [3.8, 4) is 0 Å². The Balaban J connectivity index is 1.30. The molecule has 0 amide bonds. The van der Waals surface area contributed by atoms with E-state index in [4.69, 9.17) is 9.15 Å². The molecule has 19 heavy (non-hydrogen) atoms. The second-order valence-electron chi connectivity index (χ2n) is 5.36. The van der Waals surface area contributed by atoms with Crippen LogP contribution in [0.1, 0.15) is 44.4 Å². The van der Waals surface area contributed by atoms with E-state index in [-0.39, 0.29) is 0 Å². The van der Waals surface area contributed by atoms with Crippen LogP contribution in [0.2, 0.25) is 0 Å². The highest BCUT2D eigenvalue weighted by atomic mass is 16.5. The molecule has 1 aromatic rings. The zero-order valence-electron chi connectivity index (χ0n) is 11.2. The summed E-state index contributed by atoms with van der Waals surface area (Å²) in [4.78, 5) is 0. The second-order valence-corrected chi connectivity index (χ2v) is 5.36. The first-order valence-electron chi connectivity index (χ1n) is 7.31. The molecule has 6 nitrogen and oxygen atoms in total. The van der Waals surface area contributed by atoms with Crippen LogP contribution in [0.3, 0.4) is 0 Å². The summed E-state index contributed by atoms with van der Waals surface area (Å²) in [6.45, 7) is 2.08. The molecule has 2 aliphatic carbocycles. The maximum Gasteiger partial charge on any atom is 0.315 e. The van der Waals surface area contributed by atoms with Crippen molar-refractivity contribution < 1.29 is 9.15 Å². The maximum atomic E-state index is 5.75. The molecule has 3 rings (SSSR count). The molecule has 0 unspecified atom stereocenters. The van der Waals surface area contributed by atoms with Crippen LogP contribution in [0.25, 0.3) is 0 Å². The standard InChI is InChI=1S/C13H22N4O2/c1-2-4-11(3-1)18-8-7-14-13-17-16-12(19-13)9-15-10-5-6-10/h10-11,15H,1-9H2,(H,14,17). The molecule has 0 aromatic carbocycles. The molecule has 0 saturated heterocycles. The van der Waals surface area contributed by atoms with Crippen molar-refractivity contribution in [2.45, 2.75) is 57.2 Å². The highest BCUT2D eigenvalue weighted by molar-refractivity contribution is 5.16. The molecule has 106 valence electrons. The topological polar surface area (TPSA) is 72.2 Å². The summed E-state index contributed by atoms with van der Waals surface area (Å²) in [6, 6.07) is 1.14. The van der Waals surface area contributed by atoms with E-state index in [1.807, 2.05) is 0 Å². The van der Waals surface area contributed by atoms with Gasteiger partial charge in [-0.1, -0.05) is 17.9 Å². The summed E-state index contributed by atoms with van der Waals surface area (Å²) in [5.74, 6) is 0.645. The van der Waals surface area contributed by atoms with Gasteiger partial charge in [0.15, 0.2) is 0 Å². The third kappa shape index (κ3) is 4.18. The Morgan fingerprint density at radius 3 is 2.79 bits per heavy atom. The smallest absolute Gasteiger partial charge is 0.315 e. The molecule has 0 bridgehead atoms. The van der Waals surface area contributed by atoms with Gasteiger partial charge in [-0.2, -0.15) is 0 Å². The largest absolute Gasteiger partial charge is 0.407 e.